The summed E-state index contributed by atoms with van der Waals surface area (Å²) in [4.78, 5) is 16.2. The van der Waals surface area contributed by atoms with Crippen LogP contribution >= 0.6 is 0 Å². The zero-order valence-corrected chi connectivity index (χ0v) is 16.5. The van der Waals surface area contributed by atoms with E-state index in [1.54, 1.807) is 36.4 Å². The highest BCUT2D eigenvalue weighted by Crippen LogP contribution is 2.38. The van der Waals surface area contributed by atoms with Gasteiger partial charge in [0.05, 0.1) is 28.3 Å². The highest BCUT2D eigenvalue weighted by molar-refractivity contribution is 7.89. The molecule has 2 aromatic carbocycles. The summed E-state index contributed by atoms with van der Waals surface area (Å²) in [5, 5.41) is 18.8. The Labute approximate surface area is 172 Å². The number of ether oxygens (including phenoxy) is 1. The van der Waals surface area contributed by atoms with E-state index in [0.717, 1.165) is 0 Å². The molecule has 10 heteroatoms. The van der Waals surface area contributed by atoms with Gasteiger partial charge in [-0.1, -0.05) is 0 Å². The molecule has 3 N–H and O–H groups in total. The first-order chi connectivity index (χ1) is 14.4. The molecule has 1 fully saturated rings. The first-order valence-corrected chi connectivity index (χ1v) is 10.6. The molecule has 1 saturated heterocycles. The molecule has 0 amide bonds. The zero-order valence-electron chi connectivity index (χ0n) is 15.7. The summed E-state index contributed by atoms with van der Waals surface area (Å²) >= 11 is 0. The highest BCUT2D eigenvalue weighted by Gasteiger charge is 2.38. The van der Waals surface area contributed by atoms with Crippen LogP contribution in [0.15, 0.2) is 58.2 Å². The Kier molecular flexibility index (Phi) is 5.07. The average Bonchev–Trinajstić information content (AvgIpc) is 3.35. The van der Waals surface area contributed by atoms with Crippen molar-refractivity contribution in [3.8, 4) is 23.4 Å². The lowest BCUT2D eigenvalue weighted by molar-refractivity contribution is 0.371. The predicted octanol–water partition coefficient (Wildman–Crippen LogP) is 2.60. The van der Waals surface area contributed by atoms with Gasteiger partial charge in [0.15, 0.2) is 0 Å². The Hall–Kier alpha value is -3.55. The van der Waals surface area contributed by atoms with Crippen LogP contribution in [-0.4, -0.2) is 34.3 Å². The number of aromatic amines is 2. The van der Waals surface area contributed by atoms with Gasteiger partial charge >= 0.3 is 5.69 Å². The lowest BCUT2D eigenvalue weighted by Crippen LogP contribution is -2.31. The average molecular weight is 426 g/mol. The summed E-state index contributed by atoms with van der Waals surface area (Å²) in [5.74, 6) is 0.624. The number of imidazole rings is 1. The van der Waals surface area contributed by atoms with Crippen molar-refractivity contribution >= 4 is 10.0 Å². The standard InChI is InChI=1S/C20H18N4O5S/c21-12-13-3-5-14(6-4-13)29-15-7-9-16(10-8-15)30(27,28)24-11-1-2-17(24)18-19(25)23-20(26)22-18/h3-10,17,25H,1-2,11H2,(H2,22,23,26). The second kappa shape index (κ2) is 7.70. The minimum Gasteiger partial charge on any atom is -0.493 e. The first kappa shape index (κ1) is 19.8. The molecule has 0 aliphatic carbocycles. The van der Waals surface area contributed by atoms with Gasteiger partial charge in [-0.3, -0.25) is 4.98 Å². The Balaban J connectivity index is 1.56. The van der Waals surface area contributed by atoms with Gasteiger partial charge in [-0.2, -0.15) is 9.57 Å². The molecule has 0 bridgehead atoms. The molecule has 1 aromatic heterocycles. The van der Waals surface area contributed by atoms with E-state index in [4.69, 9.17) is 10.00 Å². The van der Waals surface area contributed by atoms with Crippen LogP contribution in [0.5, 0.6) is 17.4 Å². The van der Waals surface area contributed by atoms with E-state index in [1.165, 1.54) is 16.4 Å². The predicted molar refractivity (Wildman–Crippen MR) is 107 cm³/mol. The molecule has 0 spiro atoms. The van der Waals surface area contributed by atoms with E-state index in [2.05, 4.69) is 9.97 Å². The summed E-state index contributed by atoms with van der Waals surface area (Å²) < 4.78 is 33.3. The topological polar surface area (TPSA) is 139 Å². The van der Waals surface area contributed by atoms with Crippen molar-refractivity contribution in [3.05, 3.63) is 70.3 Å². The quantitative estimate of drug-likeness (QED) is 0.573. The van der Waals surface area contributed by atoms with E-state index < -0.39 is 21.8 Å². The fraction of sp³-hybridized carbons (Fsp3) is 0.200. The minimum absolute atomic E-state index is 0.0824. The maximum atomic E-state index is 13.1. The molecule has 1 aliphatic rings. The van der Waals surface area contributed by atoms with Gasteiger partial charge in [-0.25, -0.2) is 13.2 Å². The molecule has 3 aromatic rings. The number of hydrogen-bond acceptors (Lipinski definition) is 6. The number of rotatable bonds is 5. The minimum atomic E-state index is -3.85. The van der Waals surface area contributed by atoms with Crippen LogP contribution in [0, 0.1) is 11.3 Å². The summed E-state index contributed by atoms with van der Waals surface area (Å²) in [7, 11) is -3.85. The maximum Gasteiger partial charge on any atom is 0.326 e. The van der Waals surface area contributed by atoms with Crippen molar-refractivity contribution in [2.45, 2.75) is 23.8 Å². The largest absolute Gasteiger partial charge is 0.493 e. The van der Waals surface area contributed by atoms with Crippen molar-refractivity contribution in [3.63, 3.8) is 0 Å². The van der Waals surface area contributed by atoms with Crippen LogP contribution in [0.4, 0.5) is 0 Å². The second-order valence-corrected chi connectivity index (χ2v) is 8.72. The fourth-order valence-electron chi connectivity index (χ4n) is 3.49. The van der Waals surface area contributed by atoms with Crippen molar-refractivity contribution in [2.75, 3.05) is 6.54 Å². The van der Waals surface area contributed by atoms with Crippen LogP contribution in [0.25, 0.3) is 0 Å². The number of nitrogens with zero attached hydrogens (tertiary/aromatic N) is 2. The molecule has 1 unspecified atom stereocenters. The van der Waals surface area contributed by atoms with Gasteiger partial charge in [0, 0.05) is 6.54 Å². The summed E-state index contributed by atoms with van der Waals surface area (Å²) in [5.41, 5.74) is 0.0941. The van der Waals surface area contributed by atoms with Gasteiger partial charge in [0.2, 0.25) is 15.9 Å². The SMILES string of the molecule is N#Cc1ccc(Oc2ccc(S(=O)(=O)N3CCCC3c3[nH]c(=O)[nH]c3O)cc2)cc1. The molecule has 154 valence electrons. The van der Waals surface area contributed by atoms with Gasteiger partial charge in [-0.05, 0) is 61.4 Å². The number of nitriles is 1. The lowest BCUT2D eigenvalue weighted by atomic mass is 10.2. The lowest BCUT2D eigenvalue weighted by Gasteiger charge is -2.23. The van der Waals surface area contributed by atoms with Crippen LogP contribution in [0.2, 0.25) is 0 Å². The fourth-order valence-corrected chi connectivity index (χ4v) is 5.16. The third-order valence-electron chi connectivity index (χ3n) is 4.92. The van der Waals surface area contributed by atoms with Crippen LogP contribution < -0.4 is 10.4 Å². The Bertz CT molecular complexity index is 1250. The van der Waals surface area contributed by atoms with Crippen molar-refractivity contribution in [1.29, 1.82) is 5.26 Å². The zero-order chi connectivity index (χ0) is 21.3. The molecular formula is C20H18N4O5S. The molecule has 0 saturated carbocycles. The maximum absolute atomic E-state index is 13.1. The van der Waals surface area contributed by atoms with Gasteiger partial charge in [0.1, 0.15) is 11.5 Å². The van der Waals surface area contributed by atoms with Crippen molar-refractivity contribution in [1.82, 2.24) is 14.3 Å². The molecular weight excluding hydrogens is 408 g/mol. The van der Waals surface area contributed by atoms with Crippen molar-refractivity contribution in [2.24, 2.45) is 0 Å². The van der Waals surface area contributed by atoms with Crippen molar-refractivity contribution < 1.29 is 18.3 Å². The number of aromatic hydroxyl groups is 1. The van der Waals surface area contributed by atoms with Gasteiger partial charge < -0.3 is 14.8 Å². The van der Waals surface area contributed by atoms with E-state index in [9.17, 15) is 18.3 Å². The molecule has 1 atom stereocenters. The highest BCUT2D eigenvalue weighted by atomic mass is 32.2. The van der Waals surface area contributed by atoms with Crippen LogP contribution in [-0.2, 0) is 10.0 Å². The third kappa shape index (κ3) is 3.68. The molecule has 2 heterocycles. The van der Waals surface area contributed by atoms with E-state index in [-0.39, 0.29) is 23.0 Å². The molecule has 30 heavy (non-hydrogen) atoms. The van der Waals surface area contributed by atoms with Gasteiger partial charge in [0.25, 0.3) is 0 Å². The number of sulfonamides is 1. The Morgan fingerprint density at radius 3 is 2.27 bits per heavy atom. The summed E-state index contributed by atoms with van der Waals surface area (Å²) in [6.45, 7) is 0.281. The molecule has 0 radical (unpaired) electrons. The van der Waals surface area contributed by atoms with Crippen LogP contribution in [0.1, 0.15) is 30.1 Å². The summed E-state index contributed by atoms with van der Waals surface area (Å²) in [6, 6.07) is 13.9. The molecule has 9 nitrogen and oxygen atoms in total. The number of H-pyrrole nitrogens is 2. The molecule has 1 aliphatic heterocycles. The molecule has 4 rings (SSSR count). The number of hydrogen-bond donors (Lipinski definition) is 3. The van der Waals surface area contributed by atoms with Crippen LogP contribution in [0.3, 0.4) is 0 Å². The Morgan fingerprint density at radius 2 is 1.70 bits per heavy atom. The second-order valence-electron chi connectivity index (χ2n) is 6.82. The normalized spacial score (nSPS) is 17.0. The monoisotopic (exact) mass is 426 g/mol. The van der Waals surface area contributed by atoms with E-state index in [0.29, 0.717) is 29.9 Å². The number of benzene rings is 2. The number of aromatic nitrogens is 2. The summed E-state index contributed by atoms with van der Waals surface area (Å²) in [6.07, 6.45) is 1.09. The van der Waals surface area contributed by atoms with E-state index in [1.807, 2.05) is 6.07 Å². The smallest absolute Gasteiger partial charge is 0.326 e. The Morgan fingerprint density at radius 1 is 1.07 bits per heavy atom. The van der Waals surface area contributed by atoms with Gasteiger partial charge in [-0.15, -0.1) is 0 Å². The number of nitrogens with one attached hydrogen (secondary N) is 2. The van der Waals surface area contributed by atoms with E-state index >= 15 is 0 Å². The first-order valence-electron chi connectivity index (χ1n) is 9.19. The third-order valence-corrected chi connectivity index (χ3v) is 6.84.